The SMILES string of the molecule is O=C(NCC1CCCN1c1nc2ccccc2o1)NC(c1ccccc1)c1ccccc1. The summed E-state index contributed by atoms with van der Waals surface area (Å²) >= 11 is 0. The number of rotatable bonds is 6. The number of aromatic nitrogens is 1. The monoisotopic (exact) mass is 426 g/mol. The predicted octanol–water partition coefficient (Wildman–Crippen LogP) is 4.89. The zero-order valence-electron chi connectivity index (χ0n) is 17.8. The molecule has 6 nitrogen and oxygen atoms in total. The standard InChI is InChI=1S/C26H26N4O2/c31-25(29-24(19-10-3-1-4-11-19)20-12-5-2-6-13-20)27-18-21-14-9-17-30(21)26-28-22-15-7-8-16-23(22)32-26/h1-8,10-13,15-16,21,24H,9,14,17-18H2,(H2,27,29,31). The summed E-state index contributed by atoms with van der Waals surface area (Å²) in [6.07, 6.45) is 2.03. The number of carbonyl (C=O) groups is 1. The number of oxazole rings is 1. The van der Waals surface area contributed by atoms with Crippen LogP contribution in [0.25, 0.3) is 11.1 Å². The van der Waals surface area contributed by atoms with E-state index >= 15 is 0 Å². The van der Waals surface area contributed by atoms with Crippen molar-refractivity contribution in [2.24, 2.45) is 0 Å². The highest BCUT2D eigenvalue weighted by molar-refractivity contribution is 5.76. The van der Waals surface area contributed by atoms with Gasteiger partial charge in [-0.3, -0.25) is 0 Å². The molecule has 6 heteroatoms. The van der Waals surface area contributed by atoms with Crippen molar-refractivity contribution < 1.29 is 9.21 Å². The van der Waals surface area contributed by atoms with E-state index in [4.69, 9.17) is 4.42 Å². The molecule has 1 saturated heterocycles. The van der Waals surface area contributed by atoms with Gasteiger partial charge in [-0.15, -0.1) is 0 Å². The molecule has 0 radical (unpaired) electrons. The lowest BCUT2D eigenvalue weighted by Gasteiger charge is -2.24. The first kappa shape index (κ1) is 20.1. The number of benzene rings is 3. The van der Waals surface area contributed by atoms with Crippen molar-refractivity contribution in [2.45, 2.75) is 24.9 Å². The largest absolute Gasteiger partial charge is 0.423 e. The Hall–Kier alpha value is -3.80. The van der Waals surface area contributed by atoms with Gasteiger partial charge in [0.2, 0.25) is 0 Å². The minimum atomic E-state index is -0.214. The molecular formula is C26H26N4O2. The third-order valence-corrected chi connectivity index (χ3v) is 5.94. The van der Waals surface area contributed by atoms with E-state index in [-0.39, 0.29) is 18.1 Å². The molecule has 1 atom stereocenters. The first-order valence-corrected chi connectivity index (χ1v) is 11.0. The Morgan fingerprint density at radius 2 is 1.62 bits per heavy atom. The lowest BCUT2D eigenvalue weighted by molar-refractivity contribution is 0.238. The Kier molecular flexibility index (Phi) is 5.75. The molecule has 1 aliphatic heterocycles. The van der Waals surface area contributed by atoms with E-state index in [1.807, 2.05) is 84.9 Å². The summed E-state index contributed by atoms with van der Waals surface area (Å²) in [4.78, 5) is 19.7. The van der Waals surface area contributed by atoms with Crippen molar-refractivity contribution in [3.8, 4) is 0 Å². The second kappa shape index (κ2) is 9.14. The van der Waals surface area contributed by atoms with Gasteiger partial charge in [0.05, 0.1) is 12.1 Å². The van der Waals surface area contributed by atoms with Crippen molar-refractivity contribution in [3.05, 3.63) is 96.1 Å². The van der Waals surface area contributed by atoms with Crippen LogP contribution in [-0.4, -0.2) is 30.1 Å². The first-order valence-electron chi connectivity index (χ1n) is 11.0. The van der Waals surface area contributed by atoms with Crippen molar-refractivity contribution in [2.75, 3.05) is 18.0 Å². The van der Waals surface area contributed by atoms with Crippen molar-refractivity contribution in [1.29, 1.82) is 0 Å². The lowest BCUT2D eigenvalue weighted by Crippen LogP contribution is -2.45. The summed E-state index contributed by atoms with van der Waals surface area (Å²) in [6, 6.07) is 28.2. The number of amides is 2. The van der Waals surface area contributed by atoms with E-state index in [2.05, 4.69) is 20.5 Å². The quantitative estimate of drug-likeness (QED) is 0.461. The highest BCUT2D eigenvalue weighted by atomic mass is 16.4. The predicted molar refractivity (Wildman–Crippen MR) is 126 cm³/mol. The van der Waals surface area contributed by atoms with E-state index < -0.39 is 0 Å². The molecule has 3 aromatic carbocycles. The number of hydrogen-bond acceptors (Lipinski definition) is 4. The van der Waals surface area contributed by atoms with E-state index in [1.54, 1.807) is 0 Å². The number of urea groups is 1. The van der Waals surface area contributed by atoms with Crippen LogP contribution in [0.2, 0.25) is 0 Å². The molecule has 2 amide bonds. The normalized spacial score (nSPS) is 15.9. The molecule has 4 aromatic rings. The highest BCUT2D eigenvalue weighted by Crippen LogP contribution is 2.28. The van der Waals surface area contributed by atoms with Gasteiger partial charge < -0.3 is 20.0 Å². The van der Waals surface area contributed by atoms with Crippen LogP contribution in [-0.2, 0) is 0 Å². The third kappa shape index (κ3) is 4.30. The fraction of sp³-hybridized carbons (Fsp3) is 0.231. The van der Waals surface area contributed by atoms with Crippen molar-refractivity contribution in [3.63, 3.8) is 0 Å². The minimum Gasteiger partial charge on any atom is -0.423 e. The summed E-state index contributed by atoms with van der Waals surface area (Å²) in [5, 5.41) is 6.21. The molecule has 1 fully saturated rings. The fourth-order valence-corrected chi connectivity index (χ4v) is 4.33. The zero-order valence-corrected chi connectivity index (χ0v) is 17.8. The molecule has 0 saturated carbocycles. The number of para-hydroxylation sites is 2. The van der Waals surface area contributed by atoms with Crippen LogP contribution >= 0.6 is 0 Å². The number of fused-ring (bicyclic) bond motifs is 1. The van der Waals surface area contributed by atoms with Gasteiger partial charge in [-0.2, -0.15) is 4.98 Å². The van der Waals surface area contributed by atoms with Crippen LogP contribution in [0.4, 0.5) is 10.8 Å². The minimum absolute atomic E-state index is 0.153. The van der Waals surface area contributed by atoms with Gasteiger partial charge in [-0.1, -0.05) is 72.8 Å². The second-order valence-electron chi connectivity index (χ2n) is 8.06. The van der Waals surface area contributed by atoms with Gasteiger partial charge in [0.25, 0.3) is 6.01 Å². The second-order valence-corrected chi connectivity index (χ2v) is 8.06. The molecule has 0 spiro atoms. The van der Waals surface area contributed by atoms with Crippen LogP contribution < -0.4 is 15.5 Å². The molecule has 1 aliphatic rings. The number of nitrogens with one attached hydrogen (secondary N) is 2. The maximum absolute atomic E-state index is 12.9. The van der Waals surface area contributed by atoms with Crippen LogP contribution in [0.1, 0.15) is 30.0 Å². The fourth-order valence-electron chi connectivity index (χ4n) is 4.33. The van der Waals surface area contributed by atoms with Crippen LogP contribution in [0.5, 0.6) is 0 Å². The molecule has 32 heavy (non-hydrogen) atoms. The maximum atomic E-state index is 12.9. The summed E-state index contributed by atoms with van der Waals surface area (Å²) in [5.74, 6) is 0. The summed E-state index contributed by atoms with van der Waals surface area (Å²) in [6.45, 7) is 1.40. The van der Waals surface area contributed by atoms with Gasteiger partial charge in [0, 0.05) is 13.1 Å². The molecule has 1 unspecified atom stereocenters. The first-order chi connectivity index (χ1) is 15.8. The molecular weight excluding hydrogens is 400 g/mol. The number of anilines is 1. The van der Waals surface area contributed by atoms with E-state index in [9.17, 15) is 4.79 Å². The van der Waals surface area contributed by atoms with Gasteiger partial charge in [-0.05, 0) is 36.1 Å². The van der Waals surface area contributed by atoms with Crippen LogP contribution in [0, 0.1) is 0 Å². The zero-order chi connectivity index (χ0) is 21.8. The molecule has 0 bridgehead atoms. The summed E-state index contributed by atoms with van der Waals surface area (Å²) in [7, 11) is 0. The molecule has 0 aliphatic carbocycles. The maximum Gasteiger partial charge on any atom is 0.315 e. The Morgan fingerprint density at radius 1 is 0.969 bits per heavy atom. The van der Waals surface area contributed by atoms with Gasteiger partial charge in [-0.25, -0.2) is 4.79 Å². The molecule has 2 N–H and O–H groups in total. The number of nitrogens with zero attached hydrogens (tertiary/aromatic N) is 2. The highest BCUT2D eigenvalue weighted by Gasteiger charge is 2.29. The Labute approximate surface area is 187 Å². The Bertz CT molecular complexity index is 1100. The van der Waals surface area contributed by atoms with Gasteiger partial charge in [0.15, 0.2) is 5.58 Å². The average molecular weight is 427 g/mol. The summed E-state index contributed by atoms with van der Waals surface area (Å²) in [5.41, 5.74) is 3.73. The Balaban J connectivity index is 1.26. The average Bonchev–Trinajstić information content (AvgIpc) is 3.49. The van der Waals surface area contributed by atoms with Crippen LogP contribution in [0.3, 0.4) is 0 Å². The topological polar surface area (TPSA) is 70.4 Å². The smallest absolute Gasteiger partial charge is 0.315 e. The van der Waals surface area contributed by atoms with E-state index in [0.29, 0.717) is 12.6 Å². The van der Waals surface area contributed by atoms with Crippen LogP contribution in [0.15, 0.2) is 89.3 Å². The third-order valence-electron chi connectivity index (χ3n) is 5.94. The molecule has 5 rings (SSSR count). The summed E-state index contributed by atoms with van der Waals surface area (Å²) < 4.78 is 5.96. The van der Waals surface area contributed by atoms with Crippen molar-refractivity contribution >= 4 is 23.1 Å². The van der Waals surface area contributed by atoms with Gasteiger partial charge >= 0.3 is 6.03 Å². The van der Waals surface area contributed by atoms with E-state index in [0.717, 1.165) is 41.6 Å². The molecule has 162 valence electrons. The van der Waals surface area contributed by atoms with Gasteiger partial charge in [0.1, 0.15) is 5.52 Å². The number of hydrogen-bond donors (Lipinski definition) is 2. The molecule has 1 aromatic heterocycles. The lowest BCUT2D eigenvalue weighted by atomic mass is 9.99. The number of carbonyl (C=O) groups excluding carboxylic acids is 1. The van der Waals surface area contributed by atoms with Crippen molar-refractivity contribution in [1.82, 2.24) is 15.6 Å². The van der Waals surface area contributed by atoms with E-state index in [1.165, 1.54) is 0 Å². The Morgan fingerprint density at radius 3 is 2.31 bits per heavy atom. The molecule has 2 heterocycles.